The largest absolute Gasteiger partial charge is 0.494 e. The molecule has 0 fully saturated rings. The van der Waals surface area contributed by atoms with Crippen LogP contribution in [0.15, 0.2) is 18.2 Å². The van der Waals surface area contributed by atoms with Crippen molar-refractivity contribution in [3.05, 3.63) is 24.0 Å². The number of carbonyl (C=O) groups is 1. The van der Waals surface area contributed by atoms with Crippen molar-refractivity contribution in [3.8, 4) is 11.5 Å². The molecule has 0 saturated heterocycles. The molecule has 1 aromatic rings. The Morgan fingerprint density at radius 3 is 2.67 bits per heavy atom. The van der Waals surface area contributed by atoms with Crippen molar-refractivity contribution in [2.45, 2.75) is 20.3 Å². The van der Waals surface area contributed by atoms with E-state index in [9.17, 15) is 9.18 Å². The number of ether oxygens (including phenoxy) is 2. The third kappa shape index (κ3) is 3.61. The molecule has 0 spiro atoms. The number of benzene rings is 1. The maximum atomic E-state index is 13.1. The average Bonchev–Trinajstić information content (AvgIpc) is 2.31. The lowest BCUT2D eigenvalue weighted by Gasteiger charge is -2.19. The van der Waals surface area contributed by atoms with Crippen molar-refractivity contribution >= 4 is 5.97 Å². The Morgan fingerprint density at radius 2 is 2.11 bits per heavy atom. The Balaban J connectivity index is 2.57. The summed E-state index contributed by atoms with van der Waals surface area (Å²) in [5.41, 5.74) is -0.843. The van der Waals surface area contributed by atoms with Crippen LogP contribution in [0.4, 0.5) is 4.39 Å². The van der Waals surface area contributed by atoms with E-state index in [0.29, 0.717) is 12.2 Å². The van der Waals surface area contributed by atoms with Gasteiger partial charge in [0, 0.05) is 6.07 Å². The number of rotatable bonds is 6. The lowest BCUT2D eigenvalue weighted by molar-refractivity contribution is -0.147. The number of carboxylic acids is 1. The number of halogens is 1. The molecule has 0 heterocycles. The van der Waals surface area contributed by atoms with E-state index in [2.05, 4.69) is 0 Å². The highest BCUT2D eigenvalue weighted by atomic mass is 19.1. The first-order valence-corrected chi connectivity index (χ1v) is 5.56. The van der Waals surface area contributed by atoms with Crippen LogP contribution in [0.2, 0.25) is 0 Å². The fourth-order valence-electron chi connectivity index (χ4n) is 1.26. The average molecular weight is 256 g/mol. The van der Waals surface area contributed by atoms with Crippen LogP contribution in [-0.2, 0) is 4.79 Å². The van der Waals surface area contributed by atoms with Crippen LogP contribution in [0.5, 0.6) is 11.5 Å². The monoisotopic (exact) mass is 256 g/mol. The Bertz CT molecular complexity index is 429. The summed E-state index contributed by atoms with van der Waals surface area (Å²) in [6.45, 7) is 3.50. The van der Waals surface area contributed by atoms with E-state index in [4.69, 9.17) is 14.6 Å². The number of methoxy groups -OCH3 is 1. The highest BCUT2D eigenvalue weighted by molar-refractivity contribution is 5.73. The highest BCUT2D eigenvalue weighted by Gasteiger charge is 2.26. The molecule has 1 N–H and O–H groups in total. The van der Waals surface area contributed by atoms with E-state index < -0.39 is 17.2 Å². The molecule has 4 nitrogen and oxygen atoms in total. The zero-order chi connectivity index (χ0) is 13.8. The van der Waals surface area contributed by atoms with Gasteiger partial charge in [-0.05, 0) is 32.4 Å². The van der Waals surface area contributed by atoms with Gasteiger partial charge in [-0.2, -0.15) is 0 Å². The first-order valence-electron chi connectivity index (χ1n) is 5.56. The number of carboxylic acid groups (broad SMARTS) is 1. The lowest BCUT2D eigenvalue weighted by Crippen LogP contribution is -2.25. The third-order valence-electron chi connectivity index (χ3n) is 2.70. The second kappa shape index (κ2) is 5.71. The minimum atomic E-state index is -0.872. The van der Waals surface area contributed by atoms with Crippen molar-refractivity contribution in [1.82, 2.24) is 0 Å². The van der Waals surface area contributed by atoms with Crippen molar-refractivity contribution in [2.24, 2.45) is 5.41 Å². The zero-order valence-corrected chi connectivity index (χ0v) is 10.7. The van der Waals surface area contributed by atoms with Gasteiger partial charge in [-0.3, -0.25) is 4.79 Å². The summed E-state index contributed by atoms with van der Waals surface area (Å²) in [7, 11) is 1.37. The minimum absolute atomic E-state index is 0.102. The molecule has 100 valence electrons. The Morgan fingerprint density at radius 1 is 1.44 bits per heavy atom. The van der Waals surface area contributed by atoms with E-state index in [1.165, 1.54) is 25.3 Å². The van der Waals surface area contributed by atoms with Crippen molar-refractivity contribution in [2.75, 3.05) is 13.7 Å². The van der Waals surface area contributed by atoms with E-state index in [1.54, 1.807) is 13.8 Å². The van der Waals surface area contributed by atoms with Crippen LogP contribution < -0.4 is 9.47 Å². The minimum Gasteiger partial charge on any atom is -0.494 e. The lowest BCUT2D eigenvalue weighted by atomic mass is 9.90. The molecule has 1 aromatic carbocycles. The van der Waals surface area contributed by atoms with E-state index in [1.807, 2.05) is 0 Å². The molecule has 0 aliphatic rings. The van der Waals surface area contributed by atoms with Crippen LogP contribution in [0.1, 0.15) is 20.3 Å². The molecule has 0 atom stereocenters. The zero-order valence-electron chi connectivity index (χ0n) is 10.7. The van der Waals surface area contributed by atoms with Gasteiger partial charge in [0.1, 0.15) is 5.75 Å². The first kappa shape index (κ1) is 14.3. The SMILES string of the molecule is COc1cc(OCCC(C)(C)C(=O)O)ccc1F. The fraction of sp³-hybridized carbons (Fsp3) is 0.462. The van der Waals surface area contributed by atoms with E-state index in [-0.39, 0.29) is 12.4 Å². The van der Waals surface area contributed by atoms with E-state index >= 15 is 0 Å². The number of hydrogen-bond donors (Lipinski definition) is 1. The Kier molecular flexibility index (Phi) is 4.53. The topological polar surface area (TPSA) is 55.8 Å². The predicted molar refractivity (Wildman–Crippen MR) is 64.5 cm³/mol. The predicted octanol–water partition coefficient (Wildman–Crippen LogP) is 2.71. The number of hydrogen-bond acceptors (Lipinski definition) is 3. The van der Waals surface area contributed by atoms with Crippen LogP contribution >= 0.6 is 0 Å². The summed E-state index contributed by atoms with van der Waals surface area (Å²) < 4.78 is 23.3. The summed E-state index contributed by atoms with van der Waals surface area (Å²) in [5.74, 6) is -0.780. The molecule has 5 heteroatoms. The normalized spacial score (nSPS) is 11.1. The third-order valence-corrected chi connectivity index (χ3v) is 2.70. The van der Waals surface area contributed by atoms with Crippen LogP contribution in [0, 0.1) is 11.2 Å². The molecule has 0 saturated carbocycles. The van der Waals surface area contributed by atoms with Gasteiger partial charge in [0.2, 0.25) is 0 Å². The molecular formula is C13H17FO4. The second-order valence-electron chi connectivity index (χ2n) is 4.58. The molecule has 1 rings (SSSR count). The standard InChI is InChI=1S/C13H17FO4/c1-13(2,12(15)16)6-7-18-9-4-5-10(14)11(8-9)17-3/h4-5,8H,6-7H2,1-3H3,(H,15,16). The Hall–Kier alpha value is -1.78. The maximum absolute atomic E-state index is 13.1. The van der Waals surface area contributed by atoms with Gasteiger partial charge < -0.3 is 14.6 Å². The Labute approximate surface area is 105 Å². The second-order valence-corrected chi connectivity index (χ2v) is 4.58. The summed E-state index contributed by atoms with van der Waals surface area (Å²) in [6, 6.07) is 4.16. The molecule has 0 aliphatic carbocycles. The summed E-state index contributed by atoms with van der Waals surface area (Å²) in [5, 5.41) is 8.93. The van der Waals surface area contributed by atoms with Gasteiger partial charge in [0.25, 0.3) is 0 Å². The van der Waals surface area contributed by atoms with Crippen molar-refractivity contribution < 1.29 is 23.8 Å². The van der Waals surface area contributed by atoms with Gasteiger partial charge >= 0.3 is 5.97 Å². The van der Waals surface area contributed by atoms with Gasteiger partial charge in [-0.25, -0.2) is 4.39 Å². The van der Waals surface area contributed by atoms with Gasteiger partial charge in [-0.15, -0.1) is 0 Å². The van der Waals surface area contributed by atoms with Crippen LogP contribution in [-0.4, -0.2) is 24.8 Å². The van der Waals surface area contributed by atoms with Gasteiger partial charge in [0.05, 0.1) is 19.1 Å². The maximum Gasteiger partial charge on any atom is 0.309 e. The molecule has 0 amide bonds. The molecule has 0 radical (unpaired) electrons. The molecule has 0 aliphatic heterocycles. The molecule has 0 bridgehead atoms. The van der Waals surface area contributed by atoms with E-state index in [0.717, 1.165) is 0 Å². The quantitative estimate of drug-likeness (QED) is 0.850. The smallest absolute Gasteiger partial charge is 0.309 e. The molecule has 18 heavy (non-hydrogen) atoms. The molecule has 0 unspecified atom stereocenters. The van der Waals surface area contributed by atoms with Gasteiger partial charge in [0.15, 0.2) is 11.6 Å². The summed E-state index contributed by atoms with van der Waals surface area (Å²) >= 11 is 0. The van der Waals surface area contributed by atoms with Crippen molar-refractivity contribution in [1.29, 1.82) is 0 Å². The van der Waals surface area contributed by atoms with Gasteiger partial charge in [-0.1, -0.05) is 0 Å². The first-order chi connectivity index (χ1) is 8.36. The number of aliphatic carboxylic acids is 1. The summed E-state index contributed by atoms with van der Waals surface area (Å²) in [4.78, 5) is 10.9. The highest BCUT2D eigenvalue weighted by Crippen LogP contribution is 2.25. The van der Waals surface area contributed by atoms with Crippen LogP contribution in [0.25, 0.3) is 0 Å². The summed E-state index contributed by atoms with van der Waals surface area (Å²) in [6.07, 6.45) is 0.363. The molecule has 0 aromatic heterocycles. The fourth-order valence-corrected chi connectivity index (χ4v) is 1.26. The molecular weight excluding hydrogens is 239 g/mol. The van der Waals surface area contributed by atoms with Crippen LogP contribution in [0.3, 0.4) is 0 Å². The van der Waals surface area contributed by atoms with Crippen molar-refractivity contribution in [3.63, 3.8) is 0 Å².